The fourth-order valence-electron chi connectivity index (χ4n) is 2.86. The zero-order valence-electron chi connectivity index (χ0n) is 13.8. The molecule has 0 radical (unpaired) electrons. The summed E-state index contributed by atoms with van der Waals surface area (Å²) < 4.78 is 38.3. The monoisotopic (exact) mass is 382 g/mol. The largest absolute Gasteiger partial charge is 0.416 e. The van der Waals surface area contributed by atoms with Crippen molar-refractivity contribution in [1.82, 2.24) is 10.3 Å². The number of rotatable bonds is 6. The number of aromatic nitrogens is 1. The highest BCUT2D eigenvalue weighted by atomic mass is 35.5. The van der Waals surface area contributed by atoms with E-state index in [1.807, 2.05) is 0 Å². The molecule has 3 aromatic rings. The standard InChI is InChI=1S/C19H18ClF3N2O/c20-15-3-1-2-12(8-15)18(26)11-24-7-6-13-10-25-17-9-14(19(21,22)23)4-5-16(13)17/h1-5,8-10,18,24-26H,6-7,11H2. The van der Waals surface area contributed by atoms with E-state index in [0.29, 0.717) is 30.0 Å². The number of aliphatic hydroxyl groups is 1. The quantitative estimate of drug-likeness (QED) is 0.541. The van der Waals surface area contributed by atoms with Gasteiger partial charge in [0.15, 0.2) is 0 Å². The second-order valence-corrected chi connectivity index (χ2v) is 6.53. The maximum Gasteiger partial charge on any atom is 0.416 e. The molecule has 0 aliphatic heterocycles. The predicted molar refractivity (Wildman–Crippen MR) is 96.3 cm³/mol. The molecule has 138 valence electrons. The van der Waals surface area contributed by atoms with Gasteiger partial charge in [-0.05, 0) is 48.4 Å². The van der Waals surface area contributed by atoms with Crippen molar-refractivity contribution in [2.75, 3.05) is 13.1 Å². The Balaban J connectivity index is 1.57. The van der Waals surface area contributed by atoms with Crippen LogP contribution in [-0.2, 0) is 12.6 Å². The molecule has 0 spiro atoms. The van der Waals surface area contributed by atoms with Crippen LogP contribution in [0.2, 0.25) is 5.02 Å². The Bertz CT molecular complexity index is 892. The van der Waals surface area contributed by atoms with Gasteiger partial charge >= 0.3 is 6.18 Å². The minimum Gasteiger partial charge on any atom is -0.387 e. The van der Waals surface area contributed by atoms with Crippen LogP contribution in [0.15, 0.2) is 48.7 Å². The molecule has 7 heteroatoms. The number of benzene rings is 2. The average molecular weight is 383 g/mol. The first-order valence-electron chi connectivity index (χ1n) is 8.16. The maximum atomic E-state index is 12.8. The molecule has 3 N–H and O–H groups in total. The Hall–Kier alpha value is -2.02. The number of H-pyrrole nitrogens is 1. The van der Waals surface area contributed by atoms with Crippen molar-refractivity contribution >= 4 is 22.5 Å². The third kappa shape index (κ3) is 4.38. The molecule has 26 heavy (non-hydrogen) atoms. The van der Waals surface area contributed by atoms with Gasteiger partial charge in [-0.15, -0.1) is 0 Å². The minimum atomic E-state index is -4.35. The average Bonchev–Trinajstić information content (AvgIpc) is 3.00. The van der Waals surface area contributed by atoms with E-state index < -0.39 is 17.8 Å². The van der Waals surface area contributed by atoms with E-state index in [4.69, 9.17) is 11.6 Å². The van der Waals surface area contributed by atoms with Crippen LogP contribution in [-0.4, -0.2) is 23.2 Å². The zero-order chi connectivity index (χ0) is 18.7. The molecule has 1 aromatic heterocycles. The number of nitrogens with one attached hydrogen (secondary N) is 2. The molecule has 3 rings (SSSR count). The number of halogens is 4. The highest BCUT2D eigenvalue weighted by molar-refractivity contribution is 6.30. The third-order valence-corrected chi connectivity index (χ3v) is 4.47. The van der Waals surface area contributed by atoms with Crippen LogP contribution in [0.1, 0.15) is 22.8 Å². The van der Waals surface area contributed by atoms with Gasteiger partial charge in [-0.25, -0.2) is 0 Å². The molecule has 0 aliphatic rings. The lowest BCUT2D eigenvalue weighted by molar-refractivity contribution is -0.137. The van der Waals surface area contributed by atoms with Gasteiger partial charge < -0.3 is 15.4 Å². The molecule has 0 bridgehead atoms. The molecule has 2 aromatic carbocycles. The number of alkyl halides is 3. The number of fused-ring (bicyclic) bond motifs is 1. The van der Waals surface area contributed by atoms with E-state index >= 15 is 0 Å². The highest BCUT2D eigenvalue weighted by Gasteiger charge is 2.30. The summed E-state index contributed by atoms with van der Waals surface area (Å²) in [7, 11) is 0. The molecule has 0 saturated heterocycles. The molecular weight excluding hydrogens is 365 g/mol. The van der Waals surface area contributed by atoms with Crippen LogP contribution in [0.25, 0.3) is 10.9 Å². The lowest BCUT2D eigenvalue weighted by Crippen LogP contribution is -2.23. The number of hydrogen-bond acceptors (Lipinski definition) is 2. The third-order valence-electron chi connectivity index (χ3n) is 4.24. The van der Waals surface area contributed by atoms with Crippen molar-refractivity contribution in [3.05, 3.63) is 70.4 Å². The minimum absolute atomic E-state index is 0.362. The molecule has 1 heterocycles. The predicted octanol–water partition coefficient (Wildman–Crippen LogP) is 4.71. The van der Waals surface area contributed by atoms with E-state index in [-0.39, 0.29) is 0 Å². The van der Waals surface area contributed by atoms with E-state index in [9.17, 15) is 18.3 Å². The molecule has 0 aliphatic carbocycles. The second kappa shape index (κ2) is 7.70. The zero-order valence-corrected chi connectivity index (χ0v) is 14.5. The first-order chi connectivity index (χ1) is 12.3. The summed E-state index contributed by atoms with van der Waals surface area (Å²) in [6.45, 7) is 0.951. The Morgan fingerprint density at radius 2 is 1.96 bits per heavy atom. The van der Waals surface area contributed by atoms with Crippen molar-refractivity contribution in [3.63, 3.8) is 0 Å². The van der Waals surface area contributed by atoms with Crippen LogP contribution in [0.3, 0.4) is 0 Å². The van der Waals surface area contributed by atoms with Gasteiger partial charge in [0.1, 0.15) is 0 Å². The molecular formula is C19H18ClF3N2O. The van der Waals surface area contributed by atoms with Crippen molar-refractivity contribution in [3.8, 4) is 0 Å². The van der Waals surface area contributed by atoms with E-state index in [2.05, 4.69) is 10.3 Å². The highest BCUT2D eigenvalue weighted by Crippen LogP contribution is 2.32. The molecule has 3 nitrogen and oxygen atoms in total. The summed E-state index contributed by atoms with van der Waals surface area (Å²) in [6, 6.07) is 10.7. The molecule has 1 unspecified atom stereocenters. The van der Waals surface area contributed by atoms with Gasteiger partial charge in [0.2, 0.25) is 0 Å². The summed E-state index contributed by atoms with van der Waals surface area (Å²) >= 11 is 5.91. The van der Waals surface area contributed by atoms with Gasteiger partial charge in [-0.3, -0.25) is 0 Å². The van der Waals surface area contributed by atoms with Crippen molar-refractivity contribution < 1.29 is 18.3 Å². The van der Waals surface area contributed by atoms with Crippen LogP contribution < -0.4 is 5.32 Å². The Morgan fingerprint density at radius 3 is 2.69 bits per heavy atom. The number of hydrogen-bond donors (Lipinski definition) is 3. The smallest absolute Gasteiger partial charge is 0.387 e. The van der Waals surface area contributed by atoms with Gasteiger partial charge in [0, 0.05) is 28.7 Å². The van der Waals surface area contributed by atoms with Crippen molar-refractivity contribution in [2.45, 2.75) is 18.7 Å². The van der Waals surface area contributed by atoms with Crippen molar-refractivity contribution in [2.24, 2.45) is 0 Å². The van der Waals surface area contributed by atoms with E-state index in [1.54, 1.807) is 30.5 Å². The molecule has 0 fully saturated rings. The van der Waals surface area contributed by atoms with Gasteiger partial charge in [0.05, 0.1) is 11.7 Å². The summed E-state index contributed by atoms with van der Waals surface area (Å²) in [5.74, 6) is 0. The van der Waals surface area contributed by atoms with Crippen molar-refractivity contribution in [1.29, 1.82) is 0 Å². The fraction of sp³-hybridized carbons (Fsp3) is 0.263. The van der Waals surface area contributed by atoms with Gasteiger partial charge in [-0.1, -0.05) is 29.8 Å². The summed E-state index contributed by atoms with van der Waals surface area (Å²) in [6.07, 6.45) is -2.67. The van der Waals surface area contributed by atoms with Crippen LogP contribution in [0.5, 0.6) is 0 Å². The fourth-order valence-corrected chi connectivity index (χ4v) is 3.06. The maximum absolute atomic E-state index is 12.8. The van der Waals surface area contributed by atoms with Crippen LogP contribution in [0.4, 0.5) is 13.2 Å². The lowest BCUT2D eigenvalue weighted by atomic mass is 10.1. The topological polar surface area (TPSA) is 48.0 Å². The normalized spacial score (nSPS) is 13.3. The van der Waals surface area contributed by atoms with Gasteiger partial charge in [0.25, 0.3) is 0 Å². The summed E-state index contributed by atoms with van der Waals surface area (Å²) in [4.78, 5) is 2.89. The van der Waals surface area contributed by atoms with E-state index in [1.165, 1.54) is 6.07 Å². The Kier molecular flexibility index (Phi) is 5.55. The van der Waals surface area contributed by atoms with Crippen LogP contribution in [0, 0.1) is 0 Å². The Morgan fingerprint density at radius 1 is 1.15 bits per heavy atom. The molecule has 0 saturated carbocycles. The molecule has 1 atom stereocenters. The Labute approximate surface area is 153 Å². The first-order valence-corrected chi connectivity index (χ1v) is 8.54. The van der Waals surface area contributed by atoms with Crippen LogP contribution >= 0.6 is 11.6 Å². The summed E-state index contributed by atoms with van der Waals surface area (Å²) in [5.41, 5.74) is 1.46. The second-order valence-electron chi connectivity index (χ2n) is 6.10. The molecule has 0 amide bonds. The number of aromatic amines is 1. The summed E-state index contributed by atoms with van der Waals surface area (Å²) in [5, 5.41) is 14.6. The first kappa shape index (κ1) is 18.8. The van der Waals surface area contributed by atoms with Gasteiger partial charge in [-0.2, -0.15) is 13.2 Å². The van der Waals surface area contributed by atoms with E-state index in [0.717, 1.165) is 28.6 Å². The lowest BCUT2D eigenvalue weighted by Gasteiger charge is -2.12. The SMILES string of the molecule is OC(CNCCc1c[nH]c2cc(C(F)(F)F)ccc12)c1cccc(Cl)c1. The number of aliphatic hydroxyl groups excluding tert-OH is 1.